The summed E-state index contributed by atoms with van der Waals surface area (Å²) in [5.74, 6) is -0.319. The average Bonchev–Trinajstić information content (AvgIpc) is 2.15. The van der Waals surface area contributed by atoms with Crippen molar-refractivity contribution >= 4 is 10.0 Å². The second-order valence-electron chi connectivity index (χ2n) is 3.88. The van der Waals surface area contributed by atoms with Gasteiger partial charge in [-0.05, 0) is 30.7 Å². The van der Waals surface area contributed by atoms with Gasteiger partial charge in [-0.3, -0.25) is 0 Å². The van der Waals surface area contributed by atoms with Crippen LogP contribution in [0.2, 0.25) is 0 Å². The Bertz CT molecular complexity index is 483. The highest BCUT2D eigenvalue weighted by Crippen LogP contribution is 2.24. The van der Waals surface area contributed by atoms with Crippen LogP contribution >= 0.6 is 0 Å². The van der Waals surface area contributed by atoms with Crippen molar-refractivity contribution < 1.29 is 12.8 Å². The predicted molar refractivity (Wildman–Crippen MR) is 57.7 cm³/mol. The van der Waals surface area contributed by atoms with Gasteiger partial charge in [0, 0.05) is 13.1 Å². The lowest BCUT2D eigenvalue weighted by Crippen LogP contribution is -2.52. The molecule has 1 fully saturated rings. The maximum Gasteiger partial charge on any atom is 0.243 e. The van der Waals surface area contributed by atoms with E-state index in [-0.39, 0.29) is 10.8 Å². The standard InChI is InChI=1S/C10H13FN2O2S/c11-9-2-1-3-10(4-9)16(14,15)13-6-8(5-12)7-13/h1-4,8H,5-7,12H2. The fraction of sp³-hybridized carbons (Fsp3) is 0.400. The minimum Gasteiger partial charge on any atom is -0.330 e. The number of nitrogens with two attached hydrogens (primary N) is 1. The third kappa shape index (κ3) is 1.95. The van der Waals surface area contributed by atoms with Gasteiger partial charge in [0.15, 0.2) is 0 Å². The highest BCUT2D eigenvalue weighted by Gasteiger charge is 2.35. The molecule has 0 bridgehead atoms. The van der Waals surface area contributed by atoms with Crippen LogP contribution in [0.3, 0.4) is 0 Å². The summed E-state index contributed by atoms with van der Waals surface area (Å²) >= 11 is 0. The second kappa shape index (κ2) is 4.12. The quantitative estimate of drug-likeness (QED) is 0.837. The SMILES string of the molecule is NCC1CN(S(=O)(=O)c2cccc(F)c2)C1. The minimum absolute atomic E-state index is 0.00275. The molecule has 16 heavy (non-hydrogen) atoms. The van der Waals surface area contributed by atoms with Gasteiger partial charge in [0.05, 0.1) is 4.90 Å². The Morgan fingerprint density at radius 2 is 2.12 bits per heavy atom. The lowest BCUT2D eigenvalue weighted by molar-refractivity contribution is 0.207. The Hall–Kier alpha value is -0.980. The van der Waals surface area contributed by atoms with Crippen LogP contribution in [0.5, 0.6) is 0 Å². The molecule has 1 aromatic rings. The van der Waals surface area contributed by atoms with E-state index < -0.39 is 15.8 Å². The Kier molecular flexibility index (Phi) is 2.96. The summed E-state index contributed by atoms with van der Waals surface area (Å²) in [5, 5.41) is 0. The Labute approximate surface area is 93.9 Å². The molecular formula is C10H13FN2O2S. The molecule has 6 heteroatoms. The summed E-state index contributed by atoms with van der Waals surface area (Å²) < 4.78 is 38.1. The summed E-state index contributed by atoms with van der Waals surface area (Å²) in [4.78, 5) is 0.00275. The fourth-order valence-electron chi connectivity index (χ4n) is 1.64. The van der Waals surface area contributed by atoms with E-state index in [2.05, 4.69) is 0 Å². The maximum atomic E-state index is 12.9. The first-order valence-corrected chi connectivity index (χ1v) is 6.44. The van der Waals surface area contributed by atoms with Crippen molar-refractivity contribution in [2.75, 3.05) is 19.6 Å². The molecule has 0 atom stereocenters. The maximum absolute atomic E-state index is 12.9. The topological polar surface area (TPSA) is 63.4 Å². The van der Waals surface area contributed by atoms with Gasteiger partial charge < -0.3 is 5.73 Å². The third-order valence-corrected chi connectivity index (χ3v) is 4.52. The molecule has 2 N–H and O–H groups in total. The van der Waals surface area contributed by atoms with Crippen molar-refractivity contribution in [2.24, 2.45) is 11.7 Å². The zero-order valence-electron chi connectivity index (χ0n) is 8.64. The lowest BCUT2D eigenvalue weighted by Gasteiger charge is -2.37. The monoisotopic (exact) mass is 244 g/mol. The number of hydrogen-bond acceptors (Lipinski definition) is 3. The number of halogens is 1. The van der Waals surface area contributed by atoms with Gasteiger partial charge in [-0.1, -0.05) is 6.07 Å². The van der Waals surface area contributed by atoms with Crippen LogP contribution < -0.4 is 5.73 Å². The van der Waals surface area contributed by atoms with Crippen LogP contribution in [0.1, 0.15) is 0 Å². The summed E-state index contributed by atoms with van der Waals surface area (Å²) in [7, 11) is -3.53. The summed E-state index contributed by atoms with van der Waals surface area (Å²) in [5.41, 5.74) is 5.42. The molecule has 0 amide bonds. The molecule has 0 unspecified atom stereocenters. The van der Waals surface area contributed by atoms with Gasteiger partial charge >= 0.3 is 0 Å². The van der Waals surface area contributed by atoms with Crippen LogP contribution in [0, 0.1) is 11.7 Å². The molecule has 88 valence electrons. The number of hydrogen-bond donors (Lipinski definition) is 1. The second-order valence-corrected chi connectivity index (χ2v) is 5.82. The zero-order valence-corrected chi connectivity index (χ0v) is 9.45. The van der Waals surface area contributed by atoms with Crippen LogP contribution in [0.4, 0.5) is 4.39 Å². The van der Waals surface area contributed by atoms with Crippen molar-refractivity contribution in [3.05, 3.63) is 30.1 Å². The van der Waals surface area contributed by atoms with Gasteiger partial charge in [-0.25, -0.2) is 12.8 Å². The van der Waals surface area contributed by atoms with E-state index in [1.807, 2.05) is 0 Å². The van der Waals surface area contributed by atoms with Crippen LogP contribution in [0.15, 0.2) is 29.2 Å². The van der Waals surface area contributed by atoms with Gasteiger partial charge in [0.2, 0.25) is 10.0 Å². The van der Waals surface area contributed by atoms with Gasteiger partial charge in [0.25, 0.3) is 0 Å². The smallest absolute Gasteiger partial charge is 0.243 e. The number of rotatable bonds is 3. The summed E-state index contributed by atoms with van der Waals surface area (Å²) in [6.45, 7) is 1.33. The minimum atomic E-state index is -3.53. The van der Waals surface area contributed by atoms with Gasteiger partial charge in [0.1, 0.15) is 5.82 Å². The molecule has 0 aliphatic carbocycles. The van der Waals surface area contributed by atoms with Crippen molar-refractivity contribution in [1.29, 1.82) is 0 Å². The van der Waals surface area contributed by atoms with E-state index in [1.165, 1.54) is 22.5 Å². The van der Waals surface area contributed by atoms with Crippen molar-refractivity contribution in [3.63, 3.8) is 0 Å². The molecule has 0 saturated carbocycles. The molecule has 1 aromatic carbocycles. The van der Waals surface area contributed by atoms with Crippen LogP contribution in [0.25, 0.3) is 0 Å². The molecule has 0 spiro atoms. The summed E-state index contributed by atoms with van der Waals surface area (Å²) in [6.07, 6.45) is 0. The largest absolute Gasteiger partial charge is 0.330 e. The van der Waals surface area contributed by atoms with E-state index in [0.717, 1.165) is 6.07 Å². The molecule has 1 heterocycles. The van der Waals surface area contributed by atoms with E-state index in [9.17, 15) is 12.8 Å². The van der Waals surface area contributed by atoms with E-state index >= 15 is 0 Å². The Morgan fingerprint density at radius 3 is 2.69 bits per heavy atom. The molecule has 1 aliphatic heterocycles. The van der Waals surface area contributed by atoms with Crippen molar-refractivity contribution in [3.8, 4) is 0 Å². The molecule has 0 aromatic heterocycles. The molecule has 0 radical (unpaired) electrons. The first-order valence-electron chi connectivity index (χ1n) is 5.00. The molecule has 2 rings (SSSR count). The summed E-state index contributed by atoms with van der Waals surface area (Å²) in [6, 6.07) is 5.04. The normalized spacial score (nSPS) is 18.4. The van der Waals surface area contributed by atoms with Gasteiger partial charge in [-0.2, -0.15) is 4.31 Å². The molecule has 1 aliphatic rings. The average molecular weight is 244 g/mol. The van der Waals surface area contributed by atoms with E-state index in [0.29, 0.717) is 19.6 Å². The first kappa shape index (κ1) is 11.5. The highest BCUT2D eigenvalue weighted by atomic mass is 32.2. The van der Waals surface area contributed by atoms with E-state index in [1.54, 1.807) is 0 Å². The van der Waals surface area contributed by atoms with Crippen molar-refractivity contribution in [2.45, 2.75) is 4.90 Å². The third-order valence-electron chi connectivity index (χ3n) is 2.69. The number of nitrogens with zero attached hydrogens (tertiary/aromatic N) is 1. The van der Waals surface area contributed by atoms with E-state index in [4.69, 9.17) is 5.73 Å². The predicted octanol–water partition coefficient (Wildman–Crippen LogP) is 0.405. The number of sulfonamides is 1. The first-order chi connectivity index (χ1) is 7.54. The molecular weight excluding hydrogens is 231 g/mol. The lowest BCUT2D eigenvalue weighted by atomic mass is 10.0. The highest BCUT2D eigenvalue weighted by molar-refractivity contribution is 7.89. The molecule has 1 saturated heterocycles. The van der Waals surface area contributed by atoms with Crippen molar-refractivity contribution in [1.82, 2.24) is 4.31 Å². The fourth-order valence-corrected chi connectivity index (χ4v) is 3.27. The number of benzene rings is 1. The van der Waals surface area contributed by atoms with Gasteiger partial charge in [-0.15, -0.1) is 0 Å². The Morgan fingerprint density at radius 1 is 1.44 bits per heavy atom. The molecule has 4 nitrogen and oxygen atoms in total. The zero-order chi connectivity index (χ0) is 11.8. The Balaban J connectivity index is 2.21. The van der Waals surface area contributed by atoms with Crippen LogP contribution in [-0.4, -0.2) is 32.4 Å². The van der Waals surface area contributed by atoms with Crippen LogP contribution in [-0.2, 0) is 10.0 Å².